The van der Waals surface area contributed by atoms with Gasteiger partial charge in [-0.05, 0) is 42.5 Å². The zero-order chi connectivity index (χ0) is 23.0. The van der Waals surface area contributed by atoms with E-state index in [1.807, 2.05) is 32.9 Å². The Morgan fingerprint density at radius 1 is 1.06 bits per heavy atom. The van der Waals surface area contributed by atoms with Gasteiger partial charge in [0.25, 0.3) is 11.5 Å². The van der Waals surface area contributed by atoms with Crippen molar-refractivity contribution >= 4 is 11.7 Å². The van der Waals surface area contributed by atoms with Crippen molar-refractivity contribution in [2.45, 2.75) is 40.2 Å². The van der Waals surface area contributed by atoms with E-state index < -0.39 is 17.3 Å². The number of carbonyl (C=O) groups is 2. The molecular weight excluding hydrogens is 407 g/mol. The van der Waals surface area contributed by atoms with Crippen molar-refractivity contribution < 1.29 is 14.0 Å². The summed E-state index contributed by atoms with van der Waals surface area (Å²) in [6, 6.07) is 13.4. The molecule has 0 atom stereocenters. The zero-order valence-electron chi connectivity index (χ0n) is 18.4. The lowest BCUT2D eigenvalue weighted by atomic mass is 9.73. The average Bonchev–Trinajstić information content (AvgIpc) is 2.73. The van der Waals surface area contributed by atoms with E-state index in [1.165, 1.54) is 10.6 Å². The van der Waals surface area contributed by atoms with E-state index in [-0.39, 0.29) is 23.3 Å². The van der Waals surface area contributed by atoms with Gasteiger partial charge in [0.05, 0.1) is 0 Å². The van der Waals surface area contributed by atoms with Crippen molar-refractivity contribution in [1.82, 2.24) is 9.88 Å². The summed E-state index contributed by atoms with van der Waals surface area (Å²) in [7, 11) is 0. The van der Waals surface area contributed by atoms with Crippen LogP contribution in [0, 0.1) is 18.2 Å². The second-order valence-corrected chi connectivity index (χ2v) is 9.12. The highest BCUT2D eigenvalue weighted by molar-refractivity contribution is 6.04. The third-order valence-electron chi connectivity index (χ3n) is 5.85. The number of benzene rings is 2. The molecule has 1 N–H and O–H groups in total. The van der Waals surface area contributed by atoms with Gasteiger partial charge in [0.1, 0.15) is 11.4 Å². The Morgan fingerprint density at radius 3 is 2.44 bits per heavy atom. The number of ketones is 1. The van der Waals surface area contributed by atoms with Gasteiger partial charge >= 0.3 is 0 Å². The number of aryl methyl sites for hydroxylation is 1. The van der Waals surface area contributed by atoms with Crippen LogP contribution in [0.2, 0.25) is 0 Å². The van der Waals surface area contributed by atoms with Crippen LogP contribution in [-0.2, 0) is 13.0 Å². The second kappa shape index (κ2) is 8.19. The maximum Gasteiger partial charge on any atom is 0.268 e. The van der Waals surface area contributed by atoms with Crippen molar-refractivity contribution in [3.8, 4) is 5.69 Å². The van der Waals surface area contributed by atoms with Crippen molar-refractivity contribution in [3.05, 3.63) is 98.7 Å². The largest absolute Gasteiger partial charge is 0.348 e. The van der Waals surface area contributed by atoms with E-state index in [2.05, 4.69) is 5.32 Å². The summed E-state index contributed by atoms with van der Waals surface area (Å²) < 4.78 is 15.4. The van der Waals surface area contributed by atoms with E-state index in [0.717, 1.165) is 5.56 Å². The van der Waals surface area contributed by atoms with Crippen LogP contribution in [0.15, 0.2) is 59.5 Å². The fraction of sp³-hybridized carbons (Fsp3) is 0.269. The summed E-state index contributed by atoms with van der Waals surface area (Å²) in [5, 5.41) is 2.67. The minimum atomic E-state index is -0.610. The standard InChI is InChI=1S/C26H25FN2O3/c1-16-8-10-18(11-9-16)29-15-20-19(12-26(2,3)13-22(20)30)23(25(29)32)24(31)28-14-17-6-4-5-7-21(17)27/h4-11,15H,12-14H2,1-3H3,(H,28,31). The first-order valence-corrected chi connectivity index (χ1v) is 10.6. The lowest BCUT2D eigenvalue weighted by molar-refractivity contribution is 0.0909. The van der Waals surface area contributed by atoms with E-state index in [9.17, 15) is 18.8 Å². The highest BCUT2D eigenvalue weighted by Gasteiger charge is 2.35. The molecule has 0 radical (unpaired) electrons. The van der Waals surface area contributed by atoms with Crippen molar-refractivity contribution in [1.29, 1.82) is 0 Å². The number of nitrogens with one attached hydrogen (secondary N) is 1. The molecule has 6 heteroatoms. The molecule has 1 heterocycles. The average molecular weight is 432 g/mol. The van der Waals surface area contributed by atoms with Gasteiger partial charge in [-0.15, -0.1) is 0 Å². The first-order chi connectivity index (χ1) is 15.2. The molecule has 0 unspecified atom stereocenters. The number of hydrogen-bond acceptors (Lipinski definition) is 3. The Balaban J connectivity index is 1.83. The Morgan fingerprint density at radius 2 is 1.75 bits per heavy atom. The van der Waals surface area contributed by atoms with Gasteiger partial charge in [-0.2, -0.15) is 0 Å². The number of rotatable bonds is 4. The van der Waals surface area contributed by atoms with Crippen LogP contribution < -0.4 is 10.9 Å². The van der Waals surface area contributed by atoms with Gasteiger partial charge in [0.2, 0.25) is 0 Å². The maximum absolute atomic E-state index is 14.0. The summed E-state index contributed by atoms with van der Waals surface area (Å²) in [5.41, 5.74) is 1.86. The molecule has 0 saturated heterocycles. The van der Waals surface area contributed by atoms with Crippen molar-refractivity contribution in [3.63, 3.8) is 0 Å². The van der Waals surface area contributed by atoms with Crippen LogP contribution in [0.25, 0.3) is 5.69 Å². The van der Waals surface area contributed by atoms with E-state index >= 15 is 0 Å². The van der Waals surface area contributed by atoms with Gasteiger partial charge in [-0.3, -0.25) is 19.0 Å². The Kier molecular flexibility index (Phi) is 5.55. The second-order valence-electron chi connectivity index (χ2n) is 9.12. The molecular formula is C26H25FN2O3. The molecule has 0 bridgehead atoms. The molecule has 1 aliphatic carbocycles. The summed E-state index contributed by atoms with van der Waals surface area (Å²) in [6.07, 6.45) is 2.32. The summed E-state index contributed by atoms with van der Waals surface area (Å²) >= 11 is 0. The number of Topliss-reactive ketones (excluding diaryl/α,β-unsaturated/α-hetero) is 1. The van der Waals surface area contributed by atoms with Crippen molar-refractivity contribution in [2.24, 2.45) is 5.41 Å². The lowest BCUT2D eigenvalue weighted by Crippen LogP contribution is -2.39. The molecule has 164 valence electrons. The van der Waals surface area contributed by atoms with Gasteiger partial charge < -0.3 is 5.32 Å². The van der Waals surface area contributed by atoms with E-state index in [1.54, 1.807) is 36.5 Å². The predicted octanol–water partition coefficient (Wildman–Crippen LogP) is 4.37. The molecule has 0 saturated carbocycles. The van der Waals surface area contributed by atoms with E-state index in [0.29, 0.717) is 35.2 Å². The number of amides is 1. The number of aromatic nitrogens is 1. The minimum Gasteiger partial charge on any atom is -0.348 e. The molecule has 4 rings (SSSR count). The van der Waals surface area contributed by atoms with Gasteiger partial charge in [-0.25, -0.2) is 4.39 Å². The lowest BCUT2D eigenvalue weighted by Gasteiger charge is -2.31. The number of halogens is 1. The Hall–Kier alpha value is -3.54. The molecule has 1 aromatic heterocycles. The monoisotopic (exact) mass is 432 g/mol. The van der Waals surface area contributed by atoms with Crippen LogP contribution in [0.4, 0.5) is 4.39 Å². The van der Waals surface area contributed by atoms with Gasteiger partial charge in [0.15, 0.2) is 5.78 Å². The zero-order valence-corrected chi connectivity index (χ0v) is 18.4. The fourth-order valence-corrected chi connectivity index (χ4v) is 4.18. The molecule has 32 heavy (non-hydrogen) atoms. The minimum absolute atomic E-state index is 0.0551. The van der Waals surface area contributed by atoms with Crippen LogP contribution in [0.5, 0.6) is 0 Å². The molecule has 0 spiro atoms. The summed E-state index contributed by atoms with van der Waals surface area (Å²) in [5.74, 6) is -1.14. The normalized spacial score (nSPS) is 14.7. The highest BCUT2D eigenvalue weighted by Crippen LogP contribution is 2.35. The molecule has 0 fully saturated rings. The predicted molar refractivity (Wildman–Crippen MR) is 121 cm³/mol. The molecule has 2 aromatic carbocycles. The third kappa shape index (κ3) is 4.13. The third-order valence-corrected chi connectivity index (χ3v) is 5.85. The molecule has 1 amide bonds. The first kappa shape index (κ1) is 21.7. The summed E-state index contributed by atoms with van der Waals surface area (Å²) in [6.45, 7) is 5.77. The van der Waals surface area contributed by atoms with Gasteiger partial charge in [-0.1, -0.05) is 49.7 Å². The number of nitrogens with zero attached hydrogens (tertiary/aromatic N) is 1. The smallest absolute Gasteiger partial charge is 0.268 e. The number of fused-ring (bicyclic) bond motifs is 1. The number of carbonyl (C=O) groups excluding carboxylic acids is 2. The van der Waals surface area contributed by atoms with E-state index in [4.69, 9.17) is 0 Å². The molecule has 3 aromatic rings. The Bertz CT molecular complexity index is 1270. The topological polar surface area (TPSA) is 68.2 Å². The van der Waals surface area contributed by atoms with Crippen LogP contribution in [0.1, 0.15) is 57.7 Å². The van der Waals surface area contributed by atoms with Crippen LogP contribution >= 0.6 is 0 Å². The van der Waals surface area contributed by atoms with Crippen molar-refractivity contribution in [2.75, 3.05) is 0 Å². The van der Waals surface area contributed by atoms with Crippen LogP contribution in [-0.4, -0.2) is 16.3 Å². The summed E-state index contributed by atoms with van der Waals surface area (Å²) in [4.78, 5) is 39.7. The maximum atomic E-state index is 14.0. The van der Waals surface area contributed by atoms with Gasteiger partial charge in [0, 0.05) is 36.0 Å². The molecule has 0 aliphatic heterocycles. The number of pyridine rings is 1. The SMILES string of the molecule is Cc1ccc(-n2cc3c(c(C(=O)NCc4ccccc4F)c2=O)CC(C)(C)CC3=O)cc1. The number of hydrogen-bond donors (Lipinski definition) is 1. The first-order valence-electron chi connectivity index (χ1n) is 10.6. The Labute approximate surface area is 185 Å². The fourth-order valence-electron chi connectivity index (χ4n) is 4.18. The molecule has 5 nitrogen and oxygen atoms in total. The molecule has 1 aliphatic rings. The highest BCUT2D eigenvalue weighted by atomic mass is 19.1. The quantitative estimate of drug-likeness (QED) is 0.666. The van der Waals surface area contributed by atoms with Crippen LogP contribution in [0.3, 0.4) is 0 Å².